The van der Waals surface area contributed by atoms with Gasteiger partial charge in [-0.05, 0) is 30.3 Å². The van der Waals surface area contributed by atoms with Crippen molar-refractivity contribution in [1.82, 2.24) is 0 Å². The van der Waals surface area contributed by atoms with Crippen molar-refractivity contribution in [1.29, 1.82) is 0 Å². The first kappa shape index (κ1) is 12.9. The number of rotatable bonds is 3. The number of carboxylic acid groups (broad SMARTS) is 1. The molecule has 0 heterocycles. The number of carboxylic acids is 1. The molecule has 0 saturated heterocycles. The Bertz CT molecular complexity index is 665. The van der Waals surface area contributed by atoms with E-state index < -0.39 is 29.0 Å². The standard InChI is InChI=1S/C14H8F2O3/c15-10-3-1-2-8(6-10)13(17)11-7-9(14(18)19)4-5-12(11)16/h1-7H,(H,18,19). The van der Waals surface area contributed by atoms with E-state index in [9.17, 15) is 18.4 Å². The van der Waals surface area contributed by atoms with Gasteiger partial charge in [-0.1, -0.05) is 12.1 Å². The van der Waals surface area contributed by atoms with Crippen LogP contribution in [0.4, 0.5) is 8.78 Å². The first-order valence-corrected chi connectivity index (χ1v) is 5.32. The molecular formula is C14H8F2O3. The first-order chi connectivity index (χ1) is 8.99. The number of ketones is 1. The number of hydrogen-bond donors (Lipinski definition) is 1. The van der Waals surface area contributed by atoms with Gasteiger partial charge in [0, 0.05) is 5.56 Å². The maximum atomic E-state index is 13.6. The number of hydrogen-bond acceptors (Lipinski definition) is 2. The summed E-state index contributed by atoms with van der Waals surface area (Å²) in [7, 11) is 0. The third-order valence-electron chi connectivity index (χ3n) is 2.54. The average Bonchev–Trinajstić information content (AvgIpc) is 2.38. The quantitative estimate of drug-likeness (QED) is 0.865. The third kappa shape index (κ3) is 2.65. The Morgan fingerprint density at radius 2 is 1.68 bits per heavy atom. The molecule has 0 radical (unpaired) electrons. The Kier molecular flexibility index (Phi) is 3.37. The molecule has 0 aliphatic carbocycles. The number of aromatic carboxylic acids is 1. The van der Waals surface area contributed by atoms with Crippen LogP contribution < -0.4 is 0 Å². The Balaban J connectivity index is 2.49. The predicted octanol–water partition coefficient (Wildman–Crippen LogP) is 2.89. The topological polar surface area (TPSA) is 54.4 Å². The Morgan fingerprint density at radius 3 is 2.32 bits per heavy atom. The molecule has 0 aliphatic heterocycles. The van der Waals surface area contributed by atoms with Crippen LogP contribution in [0.25, 0.3) is 0 Å². The molecular weight excluding hydrogens is 254 g/mol. The third-order valence-corrected chi connectivity index (χ3v) is 2.54. The minimum absolute atomic E-state index is 0.0403. The molecule has 0 unspecified atom stereocenters. The van der Waals surface area contributed by atoms with E-state index in [2.05, 4.69) is 0 Å². The number of benzene rings is 2. The van der Waals surface area contributed by atoms with Crippen LogP contribution in [-0.2, 0) is 0 Å². The van der Waals surface area contributed by atoms with Gasteiger partial charge in [-0.2, -0.15) is 0 Å². The molecule has 3 nitrogen and oxygen atoms in total. The summed E-state index contributed by atoms with van der Waals surface area (Å²) in [6, 6.07) is 7.66. The lowest BCUT2D eigenvalue weighted by Crippen LogP contribution is -2.07. The van der Waals surface area contributed by atoms with Crippen molar-refractivity contribution < 1.29 is 23.5 Å². The molecule has 0 spiro atoms. The molecule has 2 rings (SSSR count). The van der Waals surface area contributed by atoms with Gasteiger partial charge in [0.15, 0.2) is 5.78 Å². The van der Waals surface area contributed by atoms with Gasteiger partial charge in [0.25, 0.3) is 0 Å². The normalized spacial score (nSPS) is 10.2. The smallest absolute Gasteiger partial charge is 0.335 e. The van der Waals surface area contributed by atoms with Gasteiger partial charge in [0.1, 0.15) is 11.6 Å². The van der Waals surface area contributed by atoms with Crippen molar-refractivity contribution in [2.24, 2.45) is 0 Å². The van der Waals surface area contributed by atoms with Gasteiger partial charge in [0.05, 0.1) is 11.1 Å². The Hall–Kier alpha value is -2.56. The highest BCUT2D eigenvalue weighted by atomic mass is 19.1. The molecule has 2 aromatic rings. The zero-order chi connectivity index (χ0) is 14.0. The molecule has 96 valence electrons. The highest BCUT2D eigenvalue weighted by Gasteiger charge is 2.17. The SMILES string of the molecule is O=C(O)c1ccc(F)c(C(=O)c2cccc(F)c2)c1. The second-order valence-corrected chi connectivity index (χ2v) is 3.84. The van der Waals surface area contributed by atoms with E-state index in [1.165, 1.54) is 12.1 Å². The van der Waals surface area contributed by atoms with Gasteiger partial charge in [-0.15, -0.1) is 0 Å². The summed E-state index contributed by atoms with van der Waals surface area (Å²) >= 11 is 0. The van der Waals surface area contributed by atoms with Crippen LogP contribution in [0.2, 0.25) is 0 Å². The maximum absolute atomic E-state index is 13.6. The zero-order valence-electron chi connectivity index (χ0n) is 9.56. The Labute approximate surface area is 107 Å². The summed E-state index contributed by atoms with van der Waals surface area (Å²) in [6.45, 7) is 0. The van der Waals surface area contributed by atoms with E-state index in [1.807, 2.05) is 0 Å². The van der Waals surface area contributed by atoms with Crippen molar-refractivity contribution in [3.8, 4) is 0 Å². The van der Waals surface area contributed by atoms with Crippen LogP contribution in [0.15, 0.2) is 42.5 Å². The second kappa shape index (κ2) is 4.97. The zero-order valence-corrected chi connectivity index (χ0v) is 9.56. The van der Waals surface area contributed by atoms with E-state index in [1.54, 1.807) is 0 Å². The molecule has 0 aromatic heterocycles. The van der Waals surface area contributed by atoms with Crippen molar-refractivity contribution in [3.63, 3.8) is 0 Å². The van der Waals surface area contributed by atoms with Crippen LogP contribution in [-0.4, -0.2) is 16.9 Å². The number of carbonyl (C=O) groups is 2. The summed E-state index contributed by atoms with van der Waals surface area (Å²) in [4.78, 5) is 22.8. The minimum Gasteiger partial charge on any atom is -0.478 e. The summed E-state index contributed by atoms with van der Waals surface area (Å²) < 4.78 is 26.6. The highest BCUT2D eigenvalue weighted by Crippen LogP contribution is 2.16. The molecule has 5 heteroatoms. The highest BCUT2D eigenvalue weighted by molar-refractivity contribution is 6.10. The van der Waals surface area contributed by atoms with Crippen LogP contribution in [0.5, 0.6) is 0 Å². The molecule has 0 aliphatic rings. The molecule has 0 atom stereocenters. The van der Waals surface area contributed by atoms with Gasteiger partial charge in [-0.3, -0.25) is 4.79 Å². The molecule has 0 amide bonds. The van der Waals surface area contributed by atoms with E-state index in [0.29, 0.717) is 0 Å². The van der Waals surface area contributed by atoms with Crippen molar-refractivity contribution in [3.05, 3.63) is 70.8 Å². The van der Waals surface area contributed by atoms with Crippen LogP contribution in [0.1, 0.15) is 26.3 Å². The molecule has 1 N–H and O–H groups in total. The lowest BCUT2D eigenvalue weighted by Gasteiger charge is -2.04. The van der Waals surface area contributed by atoms with Crippen LogP contribution >= 0.6 is 0 Å². The molecule has 0 fully saturated rings. The summed E-state index contributed by atoms with van der Waals surface area (Å²) in [5.41, 5.74) is -0.645. The van der Waals surface area contributed by atoms with Gasteiger partial charge < -0.3 is 5.11 Å². The van der Waals surface area contributed by atoms with Crippen LogP contribution in [0.3, 0.4) is 0 Å². The van der Waals surface area contributed by atoms with Crippen molar-refractivity contribution in [2.45, 2.75) is 0 Å². The fourth-order valence-corrected chi connectivity index (χ4v) is 1.62. The van der Waals surface area contributed by atoms with Gasteiger partial charge >= 0.3 is 5.97 Å². The van der Waals surface area contributed by atoms with E-state index in [4.69, 9.17) is 5.11 Å². The van der Waals surface area contributed by atoms with Crippen molar-refractivity contribution >= 4 is 11.8 Å². The molecule has 19 heavy (non-hydrogen) atoms. The fraction of sp³-hybridized carbons (Fsp3) is 0. The monoisotopic (exact) mass is 262 g/mol. The second-order valence-electron chi connectivity index (χ2n) is 3.84. The number of halogens is 2. The fourth-order valence-electron chi connectivity index (χ4n) is 1.62. The lowest BCUT2D eigenvalue weighted by molar-refractivity contribution is 0.0697. The van der Waals surface area contributed by atoms with Gasteiger partial charge in [0.2, 0.25) is 0 Å². The summed E-state index contributed by atoms with van der Waals surface area (Å²) in [5.74, 6) is -3.51. The first-order valence-electron chi connectivity index (χ1n) is 5.32. The van der Waals surface area contributed by atoms with Crippen molar-refractivity contribution in [2.75, 3.05) is 0 Å². The van der Waals surface area contributed by atoms with Crippen LogP contribution in [0, 0.1) is 11.6 Å². The lowest BCUT2D eigenvalue weighted by atomic mass is 10.0. The summed E-state index contributed by atoms with van der Waals surface area (Å²) in [5, 5.41) is 8.80. The minimum atomic E-state index is -1.27. The van der Waals surface area contributed by atoms with E-state index in [0.717, 1.165) is 30.3 Å². The van der Waals surface area contributed by atoms with Gasteiger partial charge in [-0.25, -0.2) is 13.6 Å². The maximum Gasteiger partial charge on any atom is 0.335 e. The number of carbonyl (C=O) groups excluding carboxylic acids is 1. The molecule has 0 bridgehead atoms. The average molecular weight is 262 g/mol. The largest absolute Gasteiger partial charge is 0.478 e. The Morgan fingerprint density at radius 1 is 0.947 bits per heavy atom. The molecule has 0 saturated carbocycles. The van der Waals surface area contributed by atoms with E-state index >= 15 is 0 Å². The van der Waals surface area contributed by atoms with E-state index in [-0.39, 0.29) is 11.1 Å². The predicted molar refractivity (Wildman–Crippen MR) is 63.2 cm³/mol. The molecule has 2 aromatic carbocycles. The summed E-state index contributed by atoms with van der Waals surface area (Å²) in [6.07, 6.45) is 0.